The van der Waals surface area contributed by atoms with Crippen molar-refractivity contribution in [2.75, 3.05) is 39.6 Å². The van der Waals surface area contributed by atoms with Crippen molar-refractivity contribution in [2.24, 2.45) is 0 Å². The monoisotopic (exact) mass is 990 g/mol. The minimum Gasteiger partial charge on any atom is -0.394 e. The van der Waals surface area contributed by atoms with Gasteiger partial charge >= 0.3 is 0 Å². The molecule has 0 spiro atoms. The quantitative estimate of drug-likeness (QED) is 0.0683. The SMILES string of the molecule is OC[C@H]1O[C@@H](O[C@@H]2[C@@H](O)[C@H](O[C@@H]3[C@@H](O)[C@H](O[C@@H]4[C@@H](O)[C@H](O[C@@H]5[C@@H](O)[C@H](O[C@@H]6[C@@H](O)[C@@H](O)O[C@H](CO)[C@H]6O)O[C@H](CO)[C@H]5O)O[C@H](CO)[C@H]4O)O[C@H](CO)[C@H]3O)O[C@H](CO)[C@H]2O)[C@H](O)[C@@H](O)[C@@H]1O. The van der Waals surface area contributed by atoms with E-state index in [2.05, 4.69) is 0 Å². The van der Waals surface area contributed by atoms with Crippen molar-refractivity contribution in [3.63, 3.8) is 0 Å². The Balaban J connectivity index is 1.18. The smallest absolute Gasteiger partial charge is 0.187 e. The van der Waals surface area contributed by atoms with Gasteiger partial charge in [-0.25, -0.2) is 0 Å². The molecule has 0 aliphatic carbocycles. The molecule has 6 saturated heterocycles. The van der Waals surface area contributed by atoms with Crippen LogP contribution in [0.25, 0.3) is 0 Å². The lowest BCUT2D eigenvalue weighted by Crippen LogP contribution is -2.68. The first-order chi connectivity index (χ1) is 31.8. The average molecular weight is 991 g/mol. The summed E-state index contributed by atoms with van der Waals surface area (Å²) in [5.74, 6) is 0. The van der Waals surface area contributed by atoms with Crippen molar-refractivity contribution in [2.45, 2.75) is 184 Å². The Morgan fingerprint density at radius 2 is 0.433 bits per heavy atom. The molecule has 6 heterocycles. The maximum Gasteiger partial charge on any atom is 0.187 e. The van der Waals surface area contributed by atoms with E-state index in [0.29, 0.717) is 0 Å². The maximum absolute atomic E-state index is 11.5. The van der Waals surface area contributed by atoms with Crippen molar-refractivity contribution in [3.05, 3.63) is 0 Å². The molecule has 6 aliphatic rings. The van der Waals surface area contributed by atoms with E-state index in [9.17, 15) is 102 Å². The van der Waals surface area contributed by atoms with Crippen LogP contribution in [0.15, 0.2) is 0 Å². The summed E-state index contributed by atoms with van der Waals surface area (Å²) in [6.07, 6.45) is -58.5. The Morgan fingerprint density at radius 3 is 0.687 bits per heavy atom. The Bertz CT molecular complexity index is 1510. The van der Waals surface area contributed by atoms with Crippen molar-refractivity contribution >= 4 is 0 Å². The average Bonchev–Trinajstić information content (AvgIpc) is 3.31. The summed E-state index contributed by atoms with van der Waals surface area (Å²) >= 11 is 0. The molecule has 0 aromatic carbocycles. The highest BCUT2D eigenvalue weighted by Gasteiger charge is 2.58. The second kappa shape index (κ2) is 23.5. The summed E-state index contributed by atoms with van der Waals surface area (Å²) in [7, 11) is 0. The normalized spacial score (nSPS) is 53.4. The van der Waals surface area contributed by atoms with Gasteiger partial charge in [0.15, 0.2) is 37.7 Å². The van der Waals surface area contributed by atoms with Crippen LogP contribution in [0.5, 0.6) is 0 Å². The van der Waals surface area contributed by atoms with Crippen molar-refractivity contribution in [3.8, 4) is 0 Å². The van der Waals surface area contributed by atoms with E-state index in [1.807, 2.05) is 0 Å². The lowest BCUT2D eigenvalue weighted by molar-refractivity contribution is -0.398. The molecular weight excluding hydrogens is 928 g/mol. The van der Waals surface area contributed by atoms with Gasteiger partial charge in [0.05, 0.1) is 39.6 Å². The first kappa shape index (κ1) is 55.1. The van der Waals surface area contributed by atoms with Gasteiger partial charge in [-0.2, -0.15) is 0 Å². The fraction of sp³-hybridized carbons (Fsp3) is 1.00. The zero-order valence-electron chi connectivity index (χ0n) is 35.0. The van der Waals surface area contributed by atoms with E-state index in [4.69, 9.17) is 52.1 Å². The second-order valence-corrected chi connectivity index (χ2v) is 16.8. The van der Waals surface area contributed by atoms with Gasteiger partial charge in [-0.3, -0.25) is 0 Å². The molecule has 0 aromatic rings. The highest BCUT2D eigenvalue weighted by atomic mass is 16.8. The number of hydrogen-bond acceptors (Lipinski definition) is 31. The summed E-state index contributed by atoms with van der Waals surface area (Å²) in [4.78, 5) is 0. The Hall–Kier alpha value is -1.24. The molecule has 6 aliphatic heterocycles. The molecule has 6 rings (SSSR count). The molecule has 31 nitrogen and oxygen atoms in total. The first-order valence-electron chi connectivity index (χ1n) is 21.1. The van der Waals surface area contributed by atoms with Crippen LogP contribution in [0.3, 0.4) is 0 Å². The van der Waals surface area contributed by atoms with Gasteiger partial charge < -0.3 is 154 Å². The summed E-state index contributed by atoms with van der Waals surface area (Å²) in [6.45, 7) is -5.79. The van der Waals surface area contributed by atoms with Crippen LogP contribution in [0, 0.1) is 0 Å². The Morgan fingerprint density at radius 1 is 0.224 bits per heavy atom. The van der Waals surface area contributed by atoms with E-state index in [1.165, 1.54) is 0 Å². The number of ether oxygens (including phenoxy) is 11. The highest BCUT2D eigenvalue weighted by molar-refractivity contribution is 5.00. The molecule has 20 N–H and O–H groups in total. The maximum atomic E-state index is 11.5. The van der Waals surface area contributed by atoms with Crippen LogP contribution in [0.1, 0.15) is 0 Å². The lowest BCUT2D eigenvalue weighted by atomic mass is 9.95. The molecule has 0 saturated carbocycles. The van der Waals surface area contributed by atoms with Crippen LogP contribution in [-0.4, -0.2) is 326 Å². The molecule has 0 bridgehead atoms. The number of rotatable bonds is 16. The first-order valence-corrected chi connectivity index (χ1v) is 21.1. The van der Waals surface area contributed by atoms with Crippen LogP contribution < -0.4 is 0 Å². The van der Waals surface area contributed by atoms with Crippen LogP contribution in [0.2, 0.25) is 0 Å². The zero-order valence-corrected chi connectivity index (χ0v) is 35.0. The predicted octanol–water partition coefficient (Wildman–Crippen LogP) is -14.1. The van der Waals surface area contributed by atoms with Gasteiger partial charge in [-0.15, -0.1) is 0 Å². The van der Waals surface area contributed by atoms with Gasteiger partial charge in [0, 0.05) is 0 Å². The summed E-state index contributed by atoms with van der Waals surface area (Å²) in [6, 6.07) is 0. The second-order valence-electron chi connectivity index (χ2n) is 16.8. The van der Waals surface area contributed by atoms with Crippen LogP contribution in [-0.2, 0) is 52.1 Å². The van der Waals surface area contributed by atoms with E-state index in [-0.39, 0.29) is 0 Å². The zero-order chi connectivity index (χ0) is 49.3. The molecular formula is C36H62O31. The number of hydrogen-bond donors (Lipinski definition) is 20. The fourth-order valence-corrected chi connectivity index (χ4v) is 8.49. The predicted molar refractivity (Wildman–Crippen MR) is 199 cm³/mol. The summed E-state index contributed by atoms with van der Waals surface area (Å²) < 4.78 is 60.4. The van der Waals surface area contributed by atoms with E-state index < -0.39 is 224 Å². The van der Waals surface area contributed by atoms with Gasteiger partial charge in [0.2, 0.25) is 0 Å². The minimum absolute atomic E-state index is 0.862. The molecule has 30 atom stereocenters. The molecule has 0 amide bonds. The topological polar surface area (TPSA) is 506 Å². The standard InChI is InChI=1S/C36H62O31/c37-1-7-13(43)19(49)20(50)32(58-7)64-27-15(45)9(3-39)60-34(22(27)52)66-29-17(47)11(5-41)62-36(24(29)54)67-30-18(48)12(6-42)61-35(25(30)55)65-28-16(46)10(4-40)59-33(23(28)53)63-26-14(44)8(2-38)57-31(56)21(26)51/h7-56H,1-6H2/t7-,8-,9-,10-,11-,12-,13-,14-,15-,16-,17-,18-,19+,20-,21-,22-,23-,24-,25-,26+,27+,28+,29+,30+,31+,32+,33+,34+,35+,36+/m1/s1. The Kier molecular flexibility index (Phi) is 19.4. The van der Waals surface area contributed by atoms with Gasteiger partial charge in [0.1, 0.15) is 146 Å². The molecule has 392 valence electrons. The Labute approximate surface area is 378 Å². The summed E-state index contributed by atoms with van der Waals surface area (Å²) in [5.41, 5.74) is 0. The largest absolute Gasteiger partial charge is 0.394 e. The van der Waals surface area contributed by atoms with Crippen molar-refractivity contribution < 1.29 is 154 Å². The molecule has 0 unspecified atom stereocenters. The van der Waals surface area contributed by atoms with E-state index >= 15 is 0 Å². The van der Waals surface area contributed by atoms with Crippen LogP contribution >= 0.6 is 0 Å². The van der Waals surface area contributed by atoms with Gasteiger partial charge in [0.25, 0.3) is 0 Å². The minimum atomic E-state index is -2.26. The van der Waals surface area contributed by atoms with Gasteiger partial charge in [-0.1, -0.05) is 0 Å². The third-order valence-electron chi connectivity index (χ3n) is 12.4. The number of aliphatic hydroxyl groups is 20. The summed E-state index contributed by atoms with van der Waals surface area (Å²) in [5, 5.41) is 211. The third kappa shape index (κ3) is 11.2. The molecule has 0 radical (unpaired) electrons. The lowest BCUT2D eigenvalue weighted by Gasteiger charge is -2.50. The molecule has 0 aromatic heterocycles. The van der Waals surface area contributed by atoms with Crippen LogP contribution in [0.4, 0.5) is 0 Å². The van der Waals surface area contributed by atoms with Gasteiger partial charge in [-0.05, 0) is 0 Å². The fourth-order valence-electron chi connectivity index (χ4n) is 8.49. The highest BCUT2D eigenvalue weighted by Crippen LogP contribution is 2.37. The molecule has 67 heavy (non-hydrogen) atoms. The van der Waals surface area contributed by atoms with E-state index in [1.54, 1.807) is 0 Å². The number of aliphatic hydroxyl groups excluding tert-OH is 20. The molecule has 31 heteroatoms. The van der Waals surface area contributed by atoms with E-state index in [0.717, 1.165) is 0 Å². The molecule has 6 fully saturated rings. The third-order valence-corrected chi connectivity index (χ3v) is 12.4. The van der Waals surface area contributed by atoms with Crippen molar-refractivity contribution in [1.29, 1.82) is 0 Å². The van der Waals surface area contributed by atoms with Crippen molar-refractivity contribution in [1.82, 2.24) is 0 Å².